The van der Waals surface area contributed by atoms with Crippen molar-refractivity contribution in [3.05, 3.63) is 51.1 Å². The first kappa shape index (κ1) is 12.3. The summed E-state index contributed by atoms with van der Waals surface area (Å²) in [5.74, 6) is 0. The van der Waals surface area contributed by atoms with Gasteiger partial charge in [-0.1, -0.05) is 6.92 Å². The highest BCUT2D eigenvalue weighted by Gasteiger charge is 2.05. The molecule has 0 aliphatic heterocycles. The van der Waals surface area contributed by atoms with E-state index in [9.17, 15) is 9.59 Å². The van der Waals surface area contributed by atoms with Crippen LogP contribution in [0, 0.1) is 0 Å². The highest BCUT2D eigenvalue weighted by molar-refractivity contribution is 5.01. The monoisotopic (exact) mass is 248 g/mol. The Balaban J connectivity index is 2.21. The summed E-state index contributed by atoms with van der Waals surface area (Å²) in [4.78, 5) is 24.7. The van der Waals surface area contributed by atoms with Crippen LogP contribution in [0.3, 0.4) is 0 Å². The molecular formula is C12H16N4O2. The van der Waals surface area contributed by atoms with Gasteiger partial charge in [-0.2, -0.15) is 5.10 Å². The zero-order valence-corrected chi connectivity index (χ0v) is 10.5. The Hall–Kier alpha value is -2.11. The van der Waals surface area contributed by atoms with E-state index in [1.165, 1.54) is 16.8 Å². The Morgan fingerprint density at radius 3 is 2.78 bits per heavy atom. The molecule has 0 radical (unpaired) electrons. The van der Waals surface area contributed by atoms with Gasteiger partial charge in [-0.15, -0.1) is 0 Å². The minimum Gasteiger partial charge on any atom is -0.295 e. The second kappa shape index (κ2) is 5.03. The third kappa shape index (κ3) is 2.58. The summed E-state index contributed by atoms with van der Waals surface area (Å²) in [6.07, 6.45) is 4.38. The lowest BCUT2D eigenvalue weighted by Gasteiger charge is -2.08. The minimum absolute atomic E-state index is 0.339. The first-order chi connectivity index (χ1) is 8.60. The topological polar surface area (TPSA) is 72.7 Å². The van der Waals surface area contributed by atoms with Gasteiger partial charge in [-0.3, -0.25) is 19.0 Å². The van der Waals surface area contributed by atoms with Crippen molar-refractivity contribution < 1.29 is 0 Å². The number of hydrogen-bond acceptors (Lipinski definition) is 3. The lowest BCUT2D eigenvalue weighted by molar-refractivity contribution is 0.471. The Bertz CT molecular complexity index is 638. The highest BCUT2D eigenvalue weighted by Crippen LogP contribution is 2.09. The smallest absolute Gasteiger partial charge is 0.295 e. The second-order valence-corrected chi connectivity index (χ2v) is 4.28. The molecule has 18 heavy (non-hydrogen) atoms. The molecule has 0 amide bonds. The van der Waals surface area contributed by atoms with Crippen molar-refractivity contribution >= 4 is 0 Å². The molecule has 0 bridgehead atoms. The first-order valence-electron chi connectivity index (χ1n) is 5.94. The summed E-state index contributed by atoms with van der Waals surface area (Å²) >= 11 is 0. The predicted octanol–water partition coefficient (Wildman–Crippen LogP) is 0.752. The molecule has 1 unspecified atom stereocenters. The molecule has 1 N–H and O–H groups in total. The molecule has 2 heterocycles. The first-order valence-corrected chi connectivity index (χ1v) is 5.94. The van der Waals surface area contributed by atoms with Crippen LogP contribution in [0.2, 0.25) is 0 Å². The van der Waals surface area contributed by atoms with Crippen molar-refractivity contribution in [2.75, 3.05) is 0 Å². The van der Waals surface area contributed by atoms with Crippen LogP contribution in [-0.2, 0) is 6.54 Å². The fourth-order valence-corrected chi connectivity index (χ4v) is 1.64. The average molecular weight is 248 g/mol. The fourth-order valence-electron chi connectivity index (χ4n) is 1.64. The molecule has 2 aromatic heterocycles. The van der Waals surface area contributed by atoms with Crippen molar-refractivity contribution in [3.63, 3.8) is 0 Å². The van der Waals surface area contributed by atoms with E-state index in [0.29, 0.717) is 12.6 Å². The van der Waals surface area contributed by atoms with Crippen molar-refractivity contribution in [2.24, 2.45) is 0 Å². The van der Waals surface area contributed by atoms with E-state index in [0.717, 1.165) is 12.1 Å². The lowest BCUT2D eigenvalue weighted by atomic mass is 10.3. The zero-order chi connectivity index (χ0) is 13.1. The molecule has 1 atom stereocenters. The van der Waals surface area contributed by atoms with Crippen LogP contribution >= 0.6 is 0 Å². The summed E-state index contributed by atoms with van der Waals surface area (Å²) < 4.78 is 3.30. The standard InChI is InChI=1S/C12H16N4O2/c1-3-9(2)16-7-4-10(14-16)8-15-6-5-11(17)13-12(15)18/h4-7,9H,3,8H2,1-2H3,(H,13,17,18). The van der Waals surface area contributed by atoms with E-state index in [2.05, 4.69) is 23.9 Å². The molecule has 6 heteroatoms. The van der Waals surface area contributed by atoms with Crippen molar-refractivity contribution in [2.45, 2.75) is 32.9 Å². The Morgan fingerprint density at radius 2 is 2.11 bits per heavy atom. The van der Waals surface area contributed by atoms with E-state index in [4.69, 9.17) is 0 Å². The maximum Gasteiger partial charge on any atom is 0.328 e. The van der Waals surface area contributed by atoms with E-state index >= 15 is 0 Å². The van der Waals surface area contributed by atoms with Crippen LogP contribution in [0.1, 0.15) is 32.0 Å². The molecule has 6 nitrogen and oxygen atoms in total. The molecule has 0 saturated heterocycles. The second-order valence-electron chi connectivity index (χ2n) is 4.28. The van der Waals surface area contributed by atoms with Crippen LogP contribution in [0.4, 0.5) is 0 Å². The van der Waals surface area contributed by atoms with Gasteiger partial charge in [0.2, 0.25) is 0 Å². The SMILES string of the molecule is CCC(C)n1ccc(Cn2ccc(=O)[nH]c2=O)n1. The highest BCUT2D eigenvalue weighted by atomic mass is 16.2. The van der Waals surface area contributed by atoms with E-state index in [1.807, 2.05) is 16.9 Å². The summed E-state index contributed by atoms with van der Waals surface area (Å²) in [6, 6.07) is 3.54. The summed E-state index contributed by atoms with van der Waals surface area (Å²) in [5.41, 5.74) is -0.00794. The minimum atomic E-state index is -0.416. The zero-order valence-electron chi connectivity index (χ0n) is 10.5. The van der Waals surface area contributed by atoms with Gasteiger partial charge in [0, 0.05) is 24.5 Å². The van der Waals surface area contributed by atoms with Crippen molar-refractivity contribution in [3.8, 4) is 0 Å². The van der Waals surface area contributed by atoms with Gasteiger partial charge >= 0.3 is 5.69 Å². The van der Waals surface area contributed by atoms with Crippen LogP contribution in [-0.4, -0.2) is 19.3 Å². The van der Waals surface area contributed by atoms with Crippen LogP contribution in [0.25, 0.3) is 0 Å². The number of aromatic nitrogens is 4. The van der Waals surface area contributed by atoms with Crippen LogP contribution in [0.15, 0.2) is 34.1 Å². The van der Waals surface area contributed by atoms with Crippen molar-refractivity contribution in [1.82, 2.24) is 19.3 Å². The number of nitrogens with one attached hydrogen (secondary N) is 1. The molecule has 0 spiro atoms. The largest absolute Gasteiger partial charge is 0.328 e. The molecule has 0 aromatic carbocycles. The average Bonchev–Trinajstić information content (AvgIpc) is 2.80. The lowest BCUT2D eigenvalue weighted by Crippen LogP contribution is -2.29. The third-order valence-electron chi connectivity index (χ3n) is 2.94. The summed E-state index contributed by atoms with van der Waals surface area (Å²) in [7, 11) is 0. The molecule has 2 aromatic rings. The van der Waals surface area contributed by atoms with Gasteiger partial charge in [-0.05, 0) is 19.4 Å². The van der Waals surface area contributed by atoms with Gasteiger partial charge in [0.1, 0.15) is 0 Å². The summed E-state index contributed by atoms with van der Waals surface area (Å²) in [6.45, 7) is 4.54. The Kier molecular flexibility index (Phi) is 3.45. The number of hydrogen-bond donors (Lipinski definition) is 1. The molecule has 0 fully saturated rings. The van der Waals surface area contributed by atoms with Crippen LogP contribution < -0.4 is 11.2 Å². The maximum atomic E-state index is 11.5. The third-order valence-corrected chi connectivity index (χ3v) is 2.94. The molecule has 0 aliphatic carbocycles. The van der Waals surface area contributed by atoms with E-state index < -0.39 is 5.69 Å². The molecule has 96 valence electrons. The molecule has 0 saturated carbocycles. The normalized spacial score (nSPS) is 12.6. The van der Waals surface area contributed by atoms with E-state index in [1.54, 1.807) is 0 Å². The number of aromatic amines is 1. The number of nitrogens with zero attached hydrogens (tertiary/aromatic N) is 3. The van der Waals surface area contributed by atoms with E-state index in [-0.39, 0.29) is 5.56 Å². The van der Waals surface area contributed by atoms with Gasteiger partial charge in [0.05, 0.1) is 12.2 Å². The Morgan fingerprint density at radius 1 is 1.33 bits per heavy atom. The predicted molar refractivity (Wildman–Crippen MR) is 67.7 cm³/mol. The Labute approximate surface area is 104 Å². The van der Waals surface area contributed by atoms with Gasteiger partial charge in [-0.25, -0.2) is 4.79 Å². The van der Waals surface area contributed by atoms with Crippen molar-refractivity contribution in [1.29, 1.82) is 0 Å². The summed E-state index contributed by atoms with van der Waals surface area (Å²) in [5, 5.41) is 4.40. The van der Waals surface area contributed by atoms with Gasteiger partial charge < -0.3 is 0 Å². The maximum absolute atomic E-state index is 11.5. The van der Waals surface area contributed by atoms with Gasteiger partial charge in [0.25, 0.3) is 5.56 Å². The van der Waals surface area contributed by atoms with Gasteiger partial charge in [0.15, 0.2) is 0 Å². The molecular weight excluding hydrogens is 232 g/mol. The quantitative estimate of drug-likeness (QED) is 0.867. The van der Waals surface area contributed by atoms with Crippen LogP contribution in [0.5, 0.6) is 0 Å². The number of rotatable bonds is 4. The molecule has 0 aliphatic rings. The number of H-pyrrole nitrogens is 1. The fraction of sp³-hybridized carbons (Fsp3) is 0.417. The molecule has 2 rings (SSSR count).